The van der Waals surface area contributed by atoms with Gasteiger partial charge in [0.05, 0.1) is 3.81 Å². The van der Waals surface area contributed by atoms with Crippen molar-refractivity contribution in [2.45, 2.75) is 52.2 Å². The van der Waals surface area contributed by atoms with E-state index in [-0.39, 0.29) is 10.2 Å². The Labute approximate surface area is 124 Å². The van der Waals surface area contributed by atoms with Crippen molar-refractivity contribution in [2.75, 3.05) is 0 Å². The molecule has 1 fully saturated rings. The third-order valence-electron chi connectivity index (χ3n) is 4.84. The van der Waals surface area contributed by atoms with Gasteiger partial charge in [0.1, 0.15) is 0 Å². The van der Waals surface area contributed by atoms with E-state index in [9.17, 15) is 0 Å². The van der Waals surface area contributed by atoms with Crippen molar-refractivity contribution in [1.82, 2.24) is 0 Å². The van der Waals surface area contributed by atoms with Gasteiger partial charge in [-0.1, -0.05) is 40.3 Å². The molecule has 2 aliphatic rings. The second-order valence-corrected chi connectivity index (χ2v) is 9.82. The van der Waals surface area contributed by atoms with Gasteiger partial charge < -0.3 is 0 Å². The summed E-state index contributed by atoms with van der Waals surface area (Å²) in [4.78, 5) is 0. The van der Waals surface area contributed by atoms with Gasteiger partial charge in [0.25, 0.3) is 0 Å². The molecule has 1 aliphatic carbocycles. The third-order valence-corrected chi connectivity index (χ3v) is 7.05. The maximum Gasteiger partial charge on any atom is 0.0517 e. The summed E-state index contributed by atoms with van der Waals surface area (Å²) in [6.07, 6.45) is 7.00. The van der Waals surface area contributed by atoms with Gasteiger partial charge in [-0.3, -0.25) is 0 Å². The van der Waals surface area contributed by atoms with E-state index < -0.39 is 0 Å². The van der Waals surface area contributed by atoms with Crippen LogP contribution in [0.3, 0.4) is 0 Å². The van der Waals surface area contributed by atoms with Crippen molar-refractivity contribution in [3.63, 3.8) is 0 Å². The van der Waals surface area contributed by atoms with Gasteiger partial charge in [-0.15, -0.1) is 11.8 Å². The number of hydrogen-bond acceptors (Lipinski definition) is 1. The smallest absolute Gasteiger partial charge is 0.0517 e. The van der Waals surface area contributed by atoms with Crippen LogP contribution in [0, 0.1) is 10.8 Å². The Kier molecular flexibility index (Phi) is 3.43. The average Bonchev–Trinajstić information content (AvgIpc) is 2.32. The van der Waals surface area contributed by atoms with Crippen LogP contribution in [-0.4, -0.2) is 4.75 Å². The van der Waals surface area contributed by atoms with Crippen molar-refractivity contribution in [2.24, 2.45) is 10.8 Å². The molecule has 18 heavy (non-hydrogen) atoms. The lowest BCUT2D eigenvalue weighted by molar-refractivity contribution is 0.159. The van der Waals surface area contributed by atoms with Crippen LogP contribution in [-0.2, 0) is 0 Å². The van der Waals surface area contributed by atoms with Crippen LogP contribution in [0.1, 0.15) is 47.5 Å². The van der Waals surface area contributed by atoms with Crippen LogP contribution >= 0.6 is 27.7 Å². The van der Waals surface area contributed by atoms with Crippen LogP contribution in [0.4, 0.5) is 0 Å². The molecule has 0 aromatic carbocycles. The molecule has 0 amide bonds. The van der Waals surface area contributed by atoms with E-state index in [1.54, 1.807) is 5.57 Å². The number of halogens is 1. The summed E-state index contributed by atoms with van der Waals surface area (Å²) in [6, 6.07) is 0. The molecule has 1 heterocycles. The van der Waals surface area contributed by atoms with E-state index >= 15 is 0 Å². The Hall–Kier alpha value is 0.0500. The number of rotatable bonds is 0. The van der Waals surface area contributed by atoms with E-state index in [0.29, 0.717) is 5.41 Å². The normalized spacial score (nSPS) is 34.2. The van der Waals surface area contributed by atoms with E-state index in [0.717, 1.165) is 5.57 Å². The maximum absolute atomic E-state index is 4.16. The molecule has 0 spiro atoms. The number of hydrogen-bond donors (Lipinski definition) is 0. The fourth-order valence-electron chi connectivity index (χ4n) is 3.13. The molecule has 0 aromatic rings. The molecular formula is C16H23BrS. The van der Waals surface area contributed by atoms with Gasteiger partial charge in [0.2, 0.25) is 0 Å². The van der Waals surface area contributed by atoms with Gasteiger partial charge in [-0.05, 0) is 63.7 Å². The van der Waals surface area contributed by atoms with Crippen LogP contribution in [0.5, 0.6) is 0 Å². The summed E-state index contributed by atoms with van der Waals surface area (Å²) < 4.78 is 1.34. The Morgan fingerprint density at radius 2 is 1.72 bits per heavy atom. The Balaban J connectivity index is 2.62. The first-order valence-corrected chi connectivity index (χ1v) is 8.17. The lowest BCUT2D eigenvalue weighted by Gasteiger charge is -2.55. The van der Waals surface area contributed by atoms with E-state index in [1.807, 2.05) is 11.8 Å². The quantitative estimate of drug-likeness (QED) is 0.521. The molecule has 2 rings (SSSR count). The average molecular weight is 327 g/mol. The molecule has 0 saturated heterocycles. The van der Waals surface area contributed by atoms with Gasteiger partial charge in [-0.25, -0.2) is 0 Å². The molecule has 0 nitrogen and oxygen atoms in total. The van der Waals surface area contributed by atoms with Gasteiger partial charge in [0, 0.05) is 4.75 Å². The SMILES string of the molecule is C=C1C=C(Br)SC2(C)C(=C1)C(C)(C)CCC2(C)C. The first-order chi connectivity index (χ1) is 8.08. The molecule has 0 radical (unpaired) electrons. The lowest BCUT2D eigenvalue weighted by Crippen LogP contribution is -2.49. The van der Waals surface area contributed by atoms with E-state index in [2.05, 4.69) is 69.3 Å². The molecule has 1 atom stereocenters. The van der Waals surface area contributed by atoms with Gasteiger partial charge in [-0.2, -0.15) is 0 Å². The lowest BCUT2D eigenvalue weighted by atomic mass is 9.57. The number of allylic oxidation sites excluding steroid dienone is 3. The summed E-state index contributed by atoms with van der Waals surface area (Å²) >= 11 is 5.65. The second-order valence-electron chi connectivity index (χ2n) is 6.98. The highest BCUT2D eigenvalue weighted by atomic mass is 79.9. The molecule has 1 unspecified atom stereocenters. The monoisotopic (exact) mass is 326 g/mol. The Morgan fingerprint density at radius 3 is 2.33 bits per heavy atom. The zero-order valence-corrected chi connectivity index (χ0v) is 14.5. The number of fused-ring (bicyclic) bond motifs is 1. The number of thioether (sulfide) groups is 1. The Morgan fingerprint density at radius 1 is 1.11 bits per heavy atom. The first kappa shape index (κ1) is 14.5. The van der Waals surface area contributed by atoms with Crippen LogP contribution in [0.25, 0.3) is 0 Å². The van der Waals surface area contributed by atoms with Crippen molar-refractivity contribution < 1.29 is 0 Å². The minimum atomic E-state index is 0.142. The maximum atomic E-state index is 4.16. The molecule has 0 N–H and O–H groups in total. The summed E-state index contributed by atoms with van der Waals surface area (Å²) in [7, 11) is 0. The van der Waals surface area contributed by atoms with Crippen LogP contribution in [0.15, 0.2) is 33.7 Å². The topological polar surface area (TPSA) is 0 Å². The second kappa shape index (κ2) is 4.28. The van der Waals surface area contributed by atoms with Crippen molar-refractivity contribution in [3.8, 4) is 0 Å². The zero-order chi connectivity index (χ0) is 13.8. The minimum absolute atomic E-state index is 0.142. The minimum Gasteiger partial charge on any atom is -0.107 e. The highest BCUT2D eigenvalue weighted by molar-refractivity contribution is 9.14. The fourth-order valence-corrected chi connectivity index (χ4v) is 5.82. The zero-order valence-electron chi connectivity index (χ0n) is 12.1. The molecule has 0 bridgehead atoms. The Bertz CT molecular complexity index is 454. The van der Waals surface area contributed by atoms with E-state index in [1.165, 1.54) is 16.7 Å². The molecular weight excluding hydrogens is 304 g/mol. The predicted octanol–water partition coefficient (Wildman–Crippen LogP) is 6.06. The molecule has 100 valence electrons. The highest BCUT2D eigenvalue weighted by Gasteiger charge is 2.53. The van der Waals surface area contributed by atoms with E-state index in [4.69, 9.17) is 0 Å². The highest BCUT2D eigenvalue weighted by Crippen LogP contribution is 2.63. The van der Waals surface area contributed by atoms with Crippen LogP contribution < -0.4 is 0 Å². The van der Waals surface area contributed by atoms with Crippen molar-refractivity contribution >= 4 is 27.7 Å². The fraction of sp³-hybridized carbons (Fsp3) is 0.625. The van der Waals surface area contributed by atoms with Crippen molar-refractivity contribution in [1.29, 1.82) is 0 Å². The molecule has 0 aromatic heterocycles. The standard InChI is InChI=1S/C16H23BrS/c1-11-9-12-14(2,3)7-8-15(4,5)16(12,6)18-13(17)10-11/h9-10H,1,7-8H2,2-6H3. The van der Waals surface area contributed by atoms with Gasteiger partial charge in [0.15, 0.2) is 0 Å². The first-order valence-electron chi connectivity index (χ1n) is 6.56. The summed E-state index contributed by atoms with van der Waals surface area (Å²) in [5.74, 6) is 0. The third kappa shape index (κ3) is 2.16. The summed E-state index contributed by atoms with van der Waals surface area (Å²) in [6.45, 7) is 16.1. The van der Waals surface area contributed by atoms with Crippen LogP contribution in [0.2, 0.25) is 0 Å². The summed E-state index contributed by atoms with van der Waals surface area (Å²) in [5.41, 5.74) is 3.23. The molecule has 2 heteroatoms. The van der Waals surface area contributed by atoms with Crippen molar-refractivity contribution in [3.05, 3.63) is 33.7 Å². The summed E-state index contributed by atoms with van der Waals surface area (Å²) in [5, 5.41) is 0. The molecule has 1 aliphatic heterocycles. The molecule has 1 saturated carbocycles. The van der Waals surface area contributed by atoms with Gasteiger partial charge >= 0.3 is 0 Å². The largest absolute Gasteiger partial charge is 0.107 e. The predicted molar refractivity (Wildman–Crippen MR) is 87.0 cm³/mol.